The SMILES string of the molecule is CC1=C(C(=O)OC(C)(C)C)C(c2cccc(Cl)c2)CC(=O)N1Cc1ccc(F)c(F)c1. The van der Waals surface area contributed by atoms with Crippen LogP contribution in [0.25, 0.3) is 0 Å². The number of hydrogen-bond donors (Lipinski definition) is 0. The Morgan fingerprint density at radius 1 is 1.16 bits per heavy atom. The molecule has 7 heteroatoms. The summed E-state index contributed by atoms with van der Waals surface area (Å²) in [4.78, 5) is 27.6. The number of carbonyl (C=O) groups is 2. The number of rotatable bonds is 4. The van der Waals surface area contributed by atoms with E-state index in [1.54, 1.807) is 45.9 Å². The molecule has 2 aromatic carbocycles. The third-order valence-corrected chi connectivity index (χ3v) is 5.25. The molecular weight excluding hydrogens is 424 g/mol. The van der Waals surface area contributed by atoms with Gasteiger partial charge in [0.05, 0.1) is 12.1 Å². The molecule has 0 radical (unpaired) electrons. The number of amides is 1. The molecule has 31 heavy (non-hydrogen) atoms. The van der Waals surface area contributed by atoms with Crippen molar-refractivity contribution in [3.63, 3.8) is 0 Å². The molecule has 0 saturated heterocycles. The molecule has 1 heterocycles. The van der Waals surface area contributed by atoms with Gasteiger partial charge in [-0.3, -0.25) is 4.79 Å². The Balaban J connectivity index is 2.06. The van der Waals surface area contributed by atoms with E-state index in [4.69, 9.17) is 16.3 Å². The molecule has 0 fully saturated rings. The minimum absolute atomic E-state index is 0.0103. The fraction of sp³-hybridized carbons (Fsp3) is 0.333. The lowest BCUT2D eigenvalue weighted by molar-refractivity contribution is -0.150. The first kappa shape index (κ1) is 22.9. The van der Waals surface area contributed by atoms with Crippen LogP contribution in [0.15, 0.2) is 53.7 Å². The standard InChI is InChI=1S/C24H24ClF2NO3/c1-14-22(23(30)31-24(2,3)4)18(16-6-5-7-17(25)11-16)12-21(29)28(14)13-15-8-9-19(26)20(27)10-15/h5-11,18H,12-13H2,1-4H3. The first-order valence-corrected chi connectivity index (χ1v) is 10.3. The molecule has 0 N–H and O–H groups in total. The maximum absolute atomic E-state index is 13.7. The van der Waals surface area contributed by atoms with E-state index in [9.17, 15) is 18.4 Å². The molecule has 2 aromatic rings. The Morgan fingerprint density at radius 3 is 2.48 bits per heavy atom. The van der Waals surface area contributed by atoms with Gasteiger partial charge in [0, 0.05) is 23.1 Å². The van der Waals surface area contributed by atoms with E-state index >= 15 is 0 Å². The number of hydrogen-bond acceptors (Lipinski definition) is 3. The predicted octanol–water partition coefficient (Wildman–Crippen LogP) is 5.75. The van der Waals surface area contributed by atoms with Gasteiger partial charge in [0.15, 0.2) is 11.6 Å². The minimum atomic E-state index is -0.993. The van der Waals surface area contributed by atoms with Gasteiger partial charge in [-0.2, -0.15) is 0 Å². The summed E-state index contributed by atoms with van der Waals surface area (Å²) >= 11 is 6.14. The maximum atomic E-state index is 13.7. The first-order valence-electron chi connectivity index (χ1n) is 9.90. The van der Waals surface area contributed by atoms with Crippen molar-refractivity contribution in [2.75, 3.05) is 0 Å². The maximum Gasteiger partial charge on any atom is 0.336 e. The van der Waals surface area contributed by atoms with E-state index in [-0.39, 0.29) is 18.9 Å². The zero-order valence-corrected chi connectivity index (χ0v) is 18.6. The Hall–Kier alpha value is -2.73. The Kier molecular flexibility index (Phi) is 6.51. The van der Waals surface area contributed by atoms with Gasteiger partial charge in [0.1, 0.15) is 5.60 Å². The van der Waals surface area contributed by atoms with Crippen molar-refractivity contribution < 1.29 is 23.1 Å². The van der Waals surface area contributed by atoms with Gasteiger partial charge in [-0.25, -0.2) is 13.6 Å². The number of halogens is 3. The topological polar surface area (TPSA) is 46.6 Å². The molecule has 4 nitrogen and oxygen atoms in total. The van der Waals surface area contributed by atoms with Gasteiger partial charge < -0.3 is 9.64 Å². The molecule has 164 valence electrons. The van der Waals surface area contributed by atoms with Gasteiger partial charge >= 0.3 is 5.97 Å². The summed E-state index contributed by atoms with van der Waals surface area (Å²) in [7, 11) is 0. The van der Waals surface area contributed by atoms with Crippen molar-refractivity contribution in [2.24, 2.45) is 0 Å². The molecule has 1 unspecified atom stereocenters. The lowest BCUT2D eigenvalue weighted by atomic mass is 9.83. The zero-order valence-electron chi connectivity index (χ0n) is 17.8. The first-order chi connectivity index (χ1) is 14.5. The van der Waals surface area contributed by atoms with Gasteiger partial charge in [-0.05, 0) is 63.1 Å². The lowest BCUT2D eigenvalue weighted by Crippen LogP contribution is -2.39. The fourth-order valence-electron chi connectivity index (χ4n) is 3.63. The van der Waals surface area contributed by atoms with E-state index in [0.717, 1.165) is 17.7 Å². The number of benzene rings is 2. The highest BCUT2D eigenvalue weighted by atomic mass is 35.5. The largest absolute Gasteiger partial charge is 0.457 e. The number of esters is 1. The molecule has 0 bridgehead atoms. The highest BCUT2D eigenvalue weighted by molar-refractivity contribution is 6.30. The second-order valence-electron chi connectivity index (χ2n) is 8.54. The zero-order chi connectivity index (χ0) is 22.9. The van der Waals surface area contributed by atoms with Crippen LogP contribution in [0.3, 0.4) is 0 Å². The van der Waals surface area contributed by atoms with Gasteiger partial charge in [0.2, 0.25) is 5.91 Å². The molecule has 0 spiro atoms. The van der Waals surface area contributed by atoms with Crippen LogP contribution in [0.2, 0.25) is 5.02 Å². The van der Waals surface area contributed by atoms with Crippen LogP contribution in [0.1, 0.15) is 51.2 Å². The molecule has 1 atom stereocenters. The van der Waals surface area contributed by atoms with Crippen molar-refractivity contribution in [3.8, 4) is 0 Å². The van der Waals surface area contributed by atoms with Crippen LogP contribution in [-0.2, 0) is 20.9 Å². The van der Waals surface area contributed by atoms with Crippen molar-refractivity contribution in [1.29, 1.82) is 0 Å². The van der Waals surface area contributed by atoms with Gasteiger partial charge in [-0.15, -0.1) is 0 Å². The lowest BCUT2D eigenvalue weighted by Gasteiger charge is -2.35. The molecule has 0 aromatic heterocycles. The van der Waals surface area contributed by atoms with Crippen molar-refractivity contribution in [1.82, 2.24) is 4.90 Å². The molecule has 3 rings (SSSR count). The third kappa shape index (κ3) is 5.31. The highest BCUT2D eigenvalue weighted by Gasteiger charge is 2.38. The average Bonchev–Trinajstić information content (AvgIpc) is 2.66. The molecule has 0 aliphatic carbocycles. The number of ether oxygens (including phenoxy) is 1. The van der Waals surface area contributed by atoms with E-state index in [1.165, 1.54) is 11.0 Å². The fourth-order valence-corrected chi connectivity index (χ4v) is 3.83. The highest BCUT2D eigenvalue weighted by Crippen LogP contribution is 2.39. The van der Waals surface area contributed by atoms with Crippen molar-refractivity contribution in [2.45, 2.75) is 52.2 Å². The molecule has 1 amide bonds. The summed E-state index contributed by atoms with van der Waals surface area (Å²) in [5, 5.41) is 0.496. The summed E-state index contributed by atoms with van der Waals surface area (Å²) in [5.41, 5.74) is 1.18. The molecule has 0 saturated carbocycles. The second-order valence-corrected chi connectivity index (χ2v) is 8.98. The van der Waals surface area contributed by atoms with Crippen LogP contribution in [0.4, 0.5) is 8.78 Å². The Morgan fingerprint density at radius 2 is 1.87 bits per heavy atom. The smallest absolute Gasteiger partial charge is 0.336 e. The Labute approximate surface area is 185 Å². The summed E-state index contributed by atoms with van der Waals surface area (Å²) < 4.78 is 32.6. The number of carbonyl (C=O) groups excluding carboxylic acids is 2. The summed E-state index contributed by atoms with van der Waals surface area (Å²) in [6.45, 7) is 6.97. The normalized spacial score (nSPS) is 17.2. The van der Waals surface area contributed by atoms with Crippen LogP contribution in [0.5, 0.6) is 0 Å². The van der Waals surface area contributed by atoms with Crippen LogP contribution in [0, 0.1) is 11.6 Å². The average molecular weight is 448 g/mol. The van der Waals surface area contributed by atoms with E-state index in [0.29, 0.717) is 21.9 Å². The molecular formula is C24H24ClF2NO3. The monoisotopic (exact) mass is 447 g/mol. The van der Waals surface area contributed by atoms with Crippen LogP contribution in [-0.4, -0.2) is 22.4 Å². The third-order valence-electron chi connectivity index (χ3n) is 5.02. The van der Waals surface area contributed by atoms with Gasteiger partial charge in [-0.1, -0.05) is 29.8 Å². The number of allylic oxidation sites excluding steroid dienone is 1. The van der Waals surface area contributed by atoms with E-state index in [2.05, 4.69) is 0 Å². The second kappa shape index (κ2) is 8.79. The quantitative estimate of drug-likeness (QED) is 0.560. The van der Waals surface area contributed by atoms with Crippen molar-refractivity contribution >= 4 is 23.5 Å². The van der Waals surface area contributed by atoms with E-state index < -0.39 is 29.1 Å². The molecule has 1 aliphatic rings. The number of nitrogens with zero attached hydrogens (tertiary/aromatic N) is 1. The van der Waals surface area contributed by atoms with Gasteiger partial charge in [0.25, 0.3) is 0 Å². The van der Waals surface area contributed by atoms with Crippen LogP contribution >= 0.6 is 11.6 Å². The van der Waals surface area contributed by atoms with E-state index in [1.807, 2.05) is 6.07 Å². The van der Waals surface area contributed by atoms with Crippen LogP contribution < -0.4 is 0 Å². The summed E-state index contributed by atoms with van der Waals surface area (Å²) in [6, 6.07) is 10.5. The van der Waals surface area contributed by atoms with Crippen molar-refractivity contribution in [3.05, 3.63) is 81.5 Å². The summed E-state index contributed by atoms with van der Waals surface area (Å²) in [5.74, 6) is -3.25. The minimum Gasteiger partial charge on any atom is -0.457 e. The Bertz CT molecular complexity index is 1060. The summed E-state index contributed by atoms with van der Waals surface area (Å²) in [6.07, 6.45) is 0.0237. The predicted molar refractivity (Wildman–Crippen MR) is 114 cm³/mol. The molecule has 1 aliphatic heterocycles.